The van der Waals surface area contributed by atoms with Crippen LogP contribution in [0.2, 0.25) is 0 Å². The highest BCUT2D eigenvalue weighted by Gasteiger charge is 2.31. The summed E-state index contributed by atoms with van der Waals surface area (Å²) < 4.78 is 27.4. The normalized spacial score (nSPS) is 22.4. The van der Waals surface area contributed by atoms with Crippen LogP contribution in [0.1, 0.15) is 35.7 Å². The number of hydrogen-bond donors (Lipinski definition) is 2. The Bertz CT molecular complexity index is 649. The second kappa shape index (κ2) is 5.98. The number of hydrogen-bond acceptors (Lipinski definition) is 4. The van der Waals surface area contributed by atoms with Crippen LogP contribution in [0.25, 0.3) is 0 Å². The van der Waals surface area contributed by atoms with Gasteiger partial charge in [0.2, 0.25) is 10.0 Å². The van der Waals surface area contributed by atoms with Crippen molar-refractivity contribution in [1.82, 2.24) is 4.72 Å². The number of thioether (sulfide) groups is 1. The fourth-order valence-corrected chi connectivity index (χ4v) is 5.10. The third-order valence-electron chi connectivity index (χ3n) is 3.66. The summed E-state index contributed by atoms with van der Waals surface area (Å²) in [7, 11) is -3.70. The van der Waals surface area contributed by atoms with E-state index in [4.69, 9.17) is 5.11 Å². The van der Waals surface area contributed by atoms with Crippen LogP contribution in [-0.2, 0) is 10.0 Å². The van der Waals surface area contributed by atoms with Gasteiger partial charge in [-0.2, -0.15) is 11.8 Å². The lowest BCUT2D eigenvalue weighted by Crippen LogP contribution is -2.37. The van der Waals surface area contributed by atoms with Gasteiger partial charge < -0.3 is 5.11 Å². The zero-order valence-corrected chi connectivity index (χ0v) is 13.7. The highest BCUT2D eigenvalue weighted by molar-refractivity contribution is 8.01. The Kier molecular flexibility index (Phi) is 4.65. The lowest BCUT2D eigenvalue weighted by molar-refractivity contribution is 0.0696. The monoisotopic (exact) mass is 329 g/mol. The predicted molar refractivity (Wildman–Crippen MR) is 83.4 cm³/mol. The summed E-state index contributed by atoms with van der Waals surface area (Å²) in [6.45, 7) is 4.07. The first-order valence-corrected chi connectivity index (χ1v) is 9.18. The average molecular weight is 329 g/mol. The molecule has 1 aliphatic rings. The second-order valence-electron chi connectivity index (χ2n) is 5.51. The molecule has 1 aromatic rings. The molecule has 0 saturated carbocycles. The molecule has 1 aliphatic heterocycles. The molecule has 0 bridgehead atoms. The third-order valence-corrected chi connectivity index (χ3v) is 6.74. The van der Waals surface area contributed by atoms with E-state index in [-0.39, 0.29) is 15.2 Å². The number of sulfonamides is 1. The number of carboxylic acid groups (broad SMARTS) is 1. The number of benzene rings is 1. The molecule has 0 amide bonds. The van der Waals surface area contributed by atoms with Gasteiger partial charge in [-0.25, -0.2) is 17.9 Å². The molecule has 21 heavy (non-hydrogen) atoms. The Labute approximate surface area is 129 Å². The molecule has 1 saturated heterocycles. The van der Waals surface area contributed by atoms with Crippen LogP contribution >= 0.6 is 11.8 Å². The molecule has 1 fully saturated rings. The molecule has 1 aromatic carbocycles. The third kappa shape index (κ3) is 3.78. The molecule has 0 aliphatic carbocycles. The van der Waals surface area contributed by atoms with E-state index in [2.05, 4.69) is 4.72 Å². The van der Waals surface area contributed by atoms with E-state index in [0.29, 0.717) is 12.1 Å². The van der Waals surface area contributed by atoms with Crippen molar-refractivity contribution in [3.8, 4) is 0 Å². The molecule has 0 radical (unpaired) electrons. The van der Waals surface area contributed by atoms with Gasteiger partial charge in [-0.3, -0.25) is 0 Å². The highest BCUT2D eigenvalue weighted by Crippen LogP contribution is 2.37. The average Bonchev–Trinajstić information content (AvgIpc) is 2.84. The van der Waals surface area contributed by atoms with Gasteiger partial charge in [0, 0.05) is 11.3 Å². The fraction of sp³-hybridized carbons (Fsp3) is 0.500. The summed E-state index contributed by atoms with van der Waals surface area (Å²) in [5.41, 5.74) is 0.513. The molecular formula is C14H19NO4S2. The summed E-state index contributed by atoms with van der Waals surface area (Å²) in [5.74, 6) is -0.0871. The summed E-state index contributed by atoms with van der Waals surface area (Å²) in [5, 5.41) is 8.99. The van der Waals surface area contributed by atoms with E-state index in [0.717, 1.165) is 18.6 Å². The molecule has 1 atom stereocenters. The van der Waals surface area contributed by atoms with Crippen LogP contribution in [-0.4, -0.2) is 36.5 Å². The van der Waals surface area contributed by atoms with Gasteiger partial charge >= 0.3 is 5.97 Å². The summed E-state index contributed by atoms with van der Waals surface area (Å²) in [6.07, 6.45) is 2.07. The number of carbonyl (C=O) groups is 1. The summed E-state index contributed by atoms with van der Waals surface area (Å²) in [4.78, 5) is 11.0. The molecular weight excluding hydrogens is 310 g/mol. The van der Waals surface area contributed by atoms with E-state index >= 15 is 0 Å². The Morgan fingerprint density at radius 1 is 1.48 bits per heavy atom. The lowest BCUT2D eigenvalue weighted by Gasteiger charge is -2.23. The number of aromatic carboxylic acids is 1. The van der Waals surface area contributed by atoms with Crippen LogP contribution in [0.15, 0.2) is 23.1 Å². The minimum Gasteiger partial charge on any atom is -0.478 e. The minimum absolute atomic E-state index is 0.0255. The Morgan fingerprint density at radius 2 is 2.19 bits per heavy atom. The SMILES string of the molecule is Cc1ccc(C(=O)O)cc1S(=O)(=O)NCC1(C)CCCS1. The molecule has 116 valence electrons. The fourth-order valence-electron chi connectivity index (χ4n) is 2.32. The van der Waals surface area contributed by atoms with Crippen molar-refractivity contribution in [3.05, 3.63) is 29.3 Å². The zero-order valence-electron chi connectivity index (χ0n) is 12.0. The van der Waals surface area contributed by atoms with E-state index in [1.54, 1.807) is 18.7 Å². The Morgan fingerprint density at radius 3 is 2.76 bits per heavy atom. The molecule has 7 heteroatoms. The van der Waals surface area contributed by atoms with E-state index in [1.165, 1.54) is 18.2 Å². The van der Waals surface area contributed by atoms with Crippen molar-refractivity contribution < 1.29 is 18.3 Å². The maximum atomic E-state index is 12.4. The van der Waals surface area contributed by atoms with Crippen molar-refractivity contribution >= 4 is 27.8 Å². The lowest BCUT2D eigenvalue weighted by atomic mass is 10.1. The van der Waals surface area contributed by atoms with Crippen LogP contribution in [0.4, 0.5) is 0 Å². The van der Waals surface area contributed by atoms with Crippen LogP contribution < -0.4 is 4.72 Å². The van der Waals surface area contributed by atoms with Crippen molar-refractivity contribution in [3.63, 3.8) is 0 Å². The molecule has 2 N–H and O–H groups in total. The second-order valence-corrected chi connectivity index (χ2v) is 8.93. The number of aryl methyl sites for hydroxylation is 1. The van der Waals surface area contributed by atoms with Gasteiger partial charge in [-0.15, -0.1) is 0 Å². The molecule has 0 aromatic heterocycles. The summed E-state index contributed by atoms with van der Waals surface area (Å²) >= 11 is 1.77. The van der Waals surface area contributed by atoms with Gasteiger partial charge in [0.1, 0.15) is 0 Å². The smallest absolute Gasteiger partial charge is 0.335 e. The topological polar surface area (TPSA) is 83.5 Å². The molecule has 1 heterocycles. The minimum atomic E-state index is -3.70. The maximum Gasteiger partial charge on any atom is 0.335 e. The van der Waals surface area contributed by atoms with Crippen LogP contribution in [0.3, 0.4) is 0 Å². The first-order valence-electron chi connectivity index (χ1n) is 6.71. The summed E-state index contributed by atoms with van der Waals surface area (Å²) in [6, 6.07) is 4.14. The Balaban J connectivity index is 2.23. The number of carboxylic acids is 1. The zero-order chi connectivity index (χ0) is 15.7. The molecule has 1 unspecified atom stereocenters. The first kappa shape index (κ1) is 16.3. The maximum absolute atomic E-state index is 12.4. The van der Waals surface area contributed by atoms with Crippen LogP contribution in [0, 0.1) is 6.92 Å². The molecule has 2 rings (SSSR count). The highest BCUT2D eigenvalue weighted by atomic mass is 32.2. The van der Waals surface area contributed by atoms with E-state index in [1.807, 2.05) is 6.92 Å². The Hall–Kier alpha value is -1.05. The van der Waals surface area contributed by atoms with Gasteiger partial charge in [0.25, 0.3) is 0 Å². The van der Waals surface area contributed by atoms with Crippen LogP contribution in [0.5, 0.6) is 0 Å². The predicted octanol–water partition coefficient (Wildman–Crippen LogP) is 2.26. The number of rotatable bonds is 5. The quantitative estimate of drug-likeness (QED) is 0.866. The van der Waals surface area contributed by atoms with Gasteiger partial charge in [-0.1, -0.05) is 6.07 Å². The van der Waals surface area contributed by atoms with Gasteiger partial charge in [0.15, 0.2) is 0 Å². The standard InChI is InChI=1S/C14H19NO4S2/c1-10-4-5-11(13(16)17)8-12(10)21(18,19)15-9-14(2)6-3-7-20-14/h4-5,8,15H,3,6-7,9H2,1-2H3,(H,16,17). The molecule has 0 spiro atoms. The molecule has 5 nitrogen and oxygen atoms in total. The van der Waals surface area contributed by atoms with E-state index in [9.17, 15) is 13.2 Å². The van der Waals surface area contributed by atoms with Crippen molar-refractivity contribution in [2.75, 3.05) is 12.3 Å². The largest absolute Gasteiger partial charge is 0.478 e. The van der Waals surface area contributed by atoms with Crippen molar-refractivity contribution in [1.29, 1.82) is 0 Å². The van der Waals surface area contributed by atoms with Gasteiger partial charge in [0.05, 0.1) is 10.5 Å². The van der Waals surface area contributed by atoms with Gasteiger partial charge in [-0.05, 0) is 50.1 Å². The van der Waals surface area contributed by atoms with E-state index < -0.39 is 16.0 Å². The first-order chi connectivity index (χ1) is 9.73. The van der Waals surface area contributed by atoms with Crippen molar-refractivity contribution in [2.24, 2.45) is 0 Å². The number of nitrogens with one attached hydrogen (secondary N) is 1. The van der Waals surface area contributed by atoms with Crippen molar-refractivity contribution in [2.45, 2.75) is 36.3 Å².